The van der Waals surface area contributed by atoms with Crippen molar-refractivity contribution in [2.24, 2.45) is 33.6 Å². The van der Waals surface area contributed by atoms with Crippen LogP contribution >= 0.6 is 0 Å². The summed E-state index contributed by atoms with van der Waals surface area (Å²) in [6, 6.07) is 8.25. The molecule has 0 heterocycles. The van der Waals surface area contributed by atoms with Crippen LogP contribution in [0.5, 0.6) is 0 Å². The van der Waals surface area contributed by atoms with Gasteiger partial charge in [0.15, 0.2) is 11.5 Å². The number of hydrogen-bond donors (Lipinski definition) is 2. The summed E-state index contributed by atoms with van der Waals surface area (Å²) in [5.41, 5.74) is -1.30. The molecule has 38 heavy (non-hydrogen) atoms. The van der Waals surface area contributed by atoms with Crippen molar-refractivity contribution < 1.29 is 19.4 Å². The molecule has 4 nitrogen and oxygen atoms in total. The monoisotopic (exact) mass is 521 g/mol. The van der Waals surface area contributed by atoms with E-state index in [4.69, 9.17) is 4.99 Å². The standard InChI is InChI=1S/C33H44FNO3/c1-8-27(36)33(38)20(2)17-26-25-14-11-22-18-24(35-23-12-9-21(10-13-23)29(3,4)5)15-16-30(22,6)32(25,34)28(37)19-31(26,33)7/h9-10,12-13,15-16,18,20,25-26,28,37-38H,8,11,14,17,19H2,1-7H3/t20-,25+,26+,28+,30+,31+,32+,33+/m1/s1. The third-order valence-corrected chi connectivity index (χ3v) is 11.0. The molecule has 0 unspecified atom stereocenters. The van der Waals surface area contributed by atoms with Crippen molar-refractivity contribution in [2.75, 3.05) is 0 Å². The van der Waals surface area contributed by atoms with Crippen molar-refractivity contribution in [1.29, 1.82) is 0 Å². The molecule has 5 rings (SSSR count). The molecule has 206 valence electrons. The van der Waals surface area contributed by atoms with Gasteiger partial charge in [0, 0.05) is 23.2 Å². The summed E-state index contributed by atoms with van der Waals surface area (Å²) in [6.07, 6.45) is 6.71. The number of aliphatic hydroxyl groups excluding tert-OH is 1. The van der Waals surface area contributed by atoms with Gasteiger partial charge in [-0.15, -0.1) is 0 Å². The predicted molar refractivity (Wildman–Crippen MR) is 150 cm³/mol. The van der Waals surface area contributed by atoms with E-state index in [2.05, 4.69) is 32.9 Å². The second-order valence-electron chi connectivity index (χ2n) is 13.9. The Kier molecular flexibility index (Phi) is 6.28. The quantitative estimate of drug-likeness (QED) is 0.459. The Morgan fingerprint density at radius 3 is 2.42 bits per heavy atom. The van der Waals surface area contributed by atoms with Crippen molar-refractivity contribution in [3.63, 3.8) is 0 Å². The number of carbonyl (C=O) groups excluding carboxylic acids is 1. The van der Waals surface area contributed by atoms with E-state index in [1.54, 1.807) is 6.92 Å². The zero-order valence-electron chi connectivity index (χ0n) is 24.0. The molecule has 1 aromatic carbocycles. The first-order valence-corrected chi connectivity index (χ1v) is 14.3. The lowest BCUT2D eigenvalue weighted by molar-refractivity contribution is -0.218. The lowest BCUT2D eigenvalue weighted by Crippen LogP contribution is -2.69. The normalized spacial score (nSPS) is 43.3. The molecular formula is C33H44FNO3. The van der Waals surface area contributed by atoms with Gasteiger partial charge in [-0.1, -0.05) is 65.3 Å². The molecule has 0 aliphatic heterocycles. The molecule has 8 atom stereocenters. The zero-order valence-corrected chi connectivity index (χ0v) is 24.0. The summed E-state index contributed by atoms with van der Waals surface area (Å²) >= 11 is 0. The fraction of sp³-hybridized carbons (Fsp3) is 0.636. The van der Waals surface area contributed by atoms with E-state index in [9.17, 15) is 15.0 Å². The Morgan fingerprint density at radius 1 is 1.16 bits per heavy atom. The number of allylic oxidation sites excluding steroid dienone is 4. The minimum absolute atomic E-state index is 0.0713. The van der Waals surface area contributed by atoms with Gasteiger partial charge in [-0.2, -0.15) is 0 Å². The number of rotatable bonds is 3. The number of benzene rings is 1. The molecule has 0 bridgehead atoms. The topological polar surface area (TPSA) is 69.9 Å². The van der Waals surface area contributed by atoms with Crippen LogP contribution in [-0.4, -0.2) is 39.1 Å². The predicted octanol–water partition coefficient (Wildman–Crippen LogP) is 6.81. The average molecular weight is 522 g/mol. The second-order valence-corrected chi connectivity index (χ2v) is 13.9. The molecule has 4 aliphatic carbocycles. The largest absolute Gasteiger partial charge is 0.390 e. The lowest BCUT2D eigenvalue weighted by Gasteiger charge is -2.62. The highest BCUT2D eigenvalue weighted by atomic mass is 19.1. The molecule has 2 N–H and O–H groups in total. The van der Waals surface area contributed by atoms with Gasteiger partial charge in [-0.25, -0.2) is 9.38 Å². The smallest absolute Gasteiger partial charge is 0.164 e. The highest BCUT2D eigenvalue weighted by molar-refractivity contribution is 6.07. The van der Waals surface area contributed by atoms with Crippen molar-refractivity contribution in [1.82, 2.24) is 0 Å². The number of fused-ring (bicyclic) bond motifs is 5. The molecule has 3 saturated carbocycles. The molecule has 5 heteroatoms. The highest BCUT2D eigenvalue weighted by Gasteiger charge is 2.75. The third-order valence-electron chi connectivity index (χ3n) is 11.0. The first kappa shape index (κ1) is 27.5. The van der Waals surface area contributed by atoms with Crippen LogP contribution in [0.4, 0.5) is 10.1 Å². The number of aliphatic imine (C=N–C) groups is 1. The van der Waals surface area contributed by atoms with E-state index in [1.807, 2.05) is 51.1 Å². The van der Waals surface area contributed by atoms with Gasteiger partial charge in [-0.3, -0.25) is 4.79 Å². The molecule has 0 aromatic heterocycles. The first-order valence-electron chi connectivity index (χ1n) is 14.3. The minimum atomic E-state index is -1.88. The molecule has 4 aliphatic rings. The van der Waals surface area contributed by atoms with Crippen molar-refractivity contribution >= 4 is 17.2 Å². The second kappa shape index (κ2) is 8.69. The van der Waals surface area contributed by atoms with E-state index in [-0.39, 0.29) is 35.9 Å². The van der Waals surface area contributed by atoms with Gasteiger partial charge < -0.3 is 10.2 Å². The average Bonchev–Trinajstić information content (AvgIpc) is 3.06. The van der Waals surface area contributed by atoms with Crippen LogP contribution in [0.25, 0.3) is 0 Å². The molecule has 1 aromatic rings. The van der Waals surface area contributed by atoms with E-state index >= 15 is 4.39 Å². The van der Waals surface area contributed by atoms with Crippen LogP contribution in [0.2, 0.25) is 0 Å². The first-order chi connectivity index (χ1) is 17.6. The summed E-state index contributed by atoms with van der Waals surface area (Å²) in [6.45, 7) is 14.1. The van der Waals surface area contributed by atoms with Crippen molar-refractivity contribution in [3.05, 3.63) is 53.6 Å². The van der Waals surface area contributed by atoms with Crippen LogP contribution in [-0.2, 0) is 10.2 Å². The number of halogens is 1. The van der Waals surface area contributed by atoms with Gasteiger partial charge in [-0.05, 0) is 79.7 Å². The van der Waals surface area contributed by atoms with E-state index < -0.39 is 34.1 Å². The summed E-state index contributed by atoms with van der Waals surface area (Å²) < 4.78 is 17.6. The number of ketones is 1. The number of aliphatic hydroxyl groups is 2. The zero-order chi connectivity index (χ0) is 27.9. The summed E-state index contributed by atoms with van der Waals surface area (Å²) in [4.78, 5) is 17.9. The van der Waals surface area contributed by atoms with Crippen LogP contribution in [0.1, 0.15) is 86.1 Å². The van der Waals surface area contributed by atoms with Gasteiger partial charge in [0.25, 0.3) is 0 Å². The minimum Gasteiger partial charge on any atom is -0.390 e. The van der Waals surface area contributed by atoms with Gasteiger partial charge in [0.2, 0.25) is 0 Å². The number of alkyl halides is 1. The fourth-order valence-electron chi connectivity index (χ4n) is 8.67. The number of nitrogens with zero attached hydrogens (tertiary/aromatic N) is 1. The van der Waals surface area contributed by atoms with Crippen LogP contribution in [0.15, 0.2) is 53.1 Å². The Hall–Kier alpha value is -2.11. The van der Waals surface area contributed by atoms with E-state index in [1.165, 1.54) is 5.56 Å². The Balaban J connectivity index is 1.48. The van der Waals surface area contributed by atoms with Crippen molar-refractivity contribution in [2.45, 2.75) is 103 Å². The Morgan fingerprint density at radius 2 is 1.82 bits per heavy atom. The molecule has 0 saturated heterocycles. The highest BCUT2D eigenvalue weighted by Crippen LogP contribution is 2.70. The maximum atomic E-state index is 17.6. The maximum Gasteiger partial charge on any atom is 0.164 e. The number of hydrogen-bond acceptors (Lipinski definition) is 4. The fourth-order valence-corrected chi connectivity index (χ4v) is 8.67. The van der Waals surface area contributed by atoms with Crippen LogP contribution in [0.3, 0.4) is 0 Å². The molecular weight excluding hydrogens is 477 g/mol. The Bertz CT molecular complexity index is 1230. The van der Waals surface area contributed by atoms with Gasteiger partial charge in [0.05, 0.1) is 17.5 Å². The molecule has 0 amide bonds. The maximum absolute atomic E-state index is 17.6. The summed E-state index contributed by atoms with van der Waals surface area (Å²) in [5.74, 6) is -1.07. The van der Waals surface area contributed by atoms with Crippen molar-refractivity contribution in [3.8, 4) is 0 Å². The molecule has 0 spiro atoms. The van der Waals surface area contributed by atoms with Gasteiger partial charge in [0.1, 0.15) is 5.60 Å². The van der Waals surface area contributed by atoms with Crippen LogP contribution < -0.4 is 0 Å². The lowest BCUT2D eigenvalue weighted by atomic mass is 9.44. The summed E-state index contributed by atoms with van der Waals surface area (Å²) in [7, 11) is 0. The van der Waals surface area contributed by atoms with Crippen LogP contribution in [0, 0.1) is 28.6 Å². The molecule has 0 radical (unpaired) electrons. The Labute approximate surface area is 227 Å². The van der Waals surface area contributed by atoms with E-state index in [0.717, 1.165) is 17.0 Å². The number of carbonyl (C=O) groups is 1. The third kappa shape index (κ3) is 3.53. The molecule has 3 fully saturated rings. The SMILES string of the molecule is CCC(=O)[C@@]1(O)[C@H](C)C[C@H]2[C@@H]3CCC4=CC(=Nc5ccc(C(C)(C)C)cc5)C=C[C@]4(C)[C@@]3(F)[C@@H](O)C[C@@]21C. The van der Waals surface area contributed by atoms with E-state index in [0.29, 0.717) is 19.3 Å². The number of Topliss-reactive ketones (excluding diaryl/α,β-unsaturated/α-hetero) is 1. The van der Waals surface area contributed by atoms with Gasteiger partial charge >= 0.3 is 0 Å². The summed E-state index contributed by atoms with van der Waals surface area (Å²) in [5, 5.41) is 23.3.